The van der Waals surface area contributed by atoms with Crippen LogP contribution in [0.15, 0.2) is 23.3 Å². The third kappa shape index (κ3) is 4.00. The Hall–Kier alpha value is -3.13. The van der Waals surface area contributed by atoms with E-state index < -0.39 is 100.0 Å². The van der Waals surface area contributed by atoms with Gasteiger partial charge in [-0.1, -0.05) is 12.5 Å². The molecule has 2 heterocycles. The number of esters is 4. The zero-order chi connectivity index (χ0) is 32.0. The Bertz CT molecular complexity index is 1350. The molecule has 1 spiro atoms. The van der Waals surface area contributed by atoms with Crippen LogP contribution in [-0.4, -0.2) is 100 Å². The molecular formula is C30H38O13. The summed E-state index contributed by atoms with van der Waals surface area (Å²) in [5, 5.41) is 34.7. The highest BCUT2D eigenvalue weighted by molar-refractivity contribution is 5.96. The van der Waals surface area contributed by atoms with Crippen molar-refractivity contribution >= 4 is 29.7 Å². The van der Waals surface area contributed by atoms with Gasteiger partial charge in [0.25, 0.3) is 0 Å². The second-order valence-electron chi connectivity index (χ2n) is 13.1. The van der Waals surface area contributed by atoms with E-state index in [0.29, 0.717) is 5.57 Å². The maximum atomic E-state index is 13.6. The summed E-state index contributed by atoms with van der Waals surface area (Å²) in [6, 6.07) is 0. The molecule has 1 unspecified atom stereocenters. The standard InChI is InChI=1S/C30H38O13/c1-12-8-16(32)23(35)28(6)15(12)10-17-29-11-40-30(26(38)39-7,24(36)19(34)21(28)29)22(29)20(25(37)41-17)42-18(33)9-13(2)27(4,5)43-14(3)31/h8-9,15,17,19-24,34-36H,10-11H2,1-7H3/b13-9+/t15-,17+,19+,20+,21+,22+,23+,24-,28-,29?,30+/m0/s1. The topological polar surface area (TPSA) is 192 Å². The molecule has 5 rings (SSSR count). The molecule has 13 nitrogen and oxygen atoms in total. The van der Waals surface area contributed by atoms with Gasteiger partial charge in [0, 0.05) is 29.7 Å². The minimum Gasteiger partial charge on any atom is -0.467 e. The number of allylic oxidation sites excluding steroid dienone is 1. The van der Waals surface area contributed by atoms with Gasteiger partial charge in [0.15, 0.2) is 5.78 Å². The molecule has 0 amide bonds. The molecular weight excluding hydrogens is 568 g/mol. The van der Waals surface area contributed by atoms with E-state index in [1.165, 1.54) is 19.9 Å². The minimum atomic E-state index is -2.35. The molecule has 0 aromatic heterocycles. The fourth-order valence-electron chi connectivity index (χ4n) is 8.76. The molecule has 2 bridgehead atoms. The van der Waals surface area contributed by atoms with Crippen LogP contribution in [0.4, 0.5) is 0 Å². The lowest BCUT2D eigenvalue weighted by Crippen LogP contribution is -2.80. The highest BCUT2D eigenvalue weighted by Gasteiger charge is 2.85. The number of aliphatic hydroxyl groups is 3. The number of rotatable bonds is 5. The van der Waals surface area contributed by atoms with Crippen LogP contribution in [0, 0.1) is 28.6 Å². The number of methoxy groups -OCH3 is 1. The van der Waals surface area contributed by atoms with E-state index in [1.54, 1.807) is 27.7 Å². The van der Waals surface area contributed by atoms with Crippen LogP contribution in [0.2, 0.25) is 0 Å². The lowest BCUT2D eigenvalue weighted by Gasteiger charge is -2.67. The first kappa shape index (κ1) is 31.3. The van der Waals surface area contributed by atoms with Crippen LogP contribution in [0.25, 0.3) is 0 Å². The quantitative estimate of drug-likeness (QED) is 0.214. The average molecular weight is 607 g/mol. The van der Waals surface area contributed by atoms with Crippen LogP contribution in [0.3, 0.4) is 0 Å². The van der Waals surface area contributed by atoms with Crippen molar-refractivity contribution in [1.82, 2.24) is 0 Å². The third-order valence-corrected chi connectivity index (χ3v) is 10.8. The van der Waals surface area contributed by atoms with Gasteiger partial charge in [0.05, 0.1) is 25.7 Å². The molecule has 43 heavy (non-hydrogen) atoms. The predicted molar refractivity (Wildman–Crippen MR) is 142 cm³/mol. The molecule has 5 aliphatic rings. The highest BCUT2D eigenvalue weighted by atomic mass is 16.6. The Labute approximate surface area is 248 Å². The number of carbonyl (C=O) groups is 5. The second-order valence-corrected chi connectivity index (χ2v) is 13.1. The maximum absolute atomic E-state index is 13.6. The molecule has 13 heteroatoms. The van der Waals surface area contributed by atoms with Crippen LogP contribution in [0.1, 0.15) is 48.0 Å². The Morgan fingerprint density at radius 2 is 1.77 bits per heavy atom. The molecule has 2 saturated heterocycles. The van der Waals surface area contributed by atoms with Crippen LogP contribution in [-0.2, 0) is 47.7 Å². The third-order valence-electron chi connectivity index (χ3n) is 10.8. The summed E-state index contributed by atoms with van der Waals surface area (Å²) in [4.78, 5) is 64.9. The molecule has 2 saturated carbocycles. The van der Waals surface area contributed by atoms with Crippen LogP contribution >= 0.6 is 0 Å². The Kier molecular flexibility index (Phi) is 7.24. The van der Waals surface area contributed by atoms with Crippen molar-refractivity contribution in [2.24, 2.45) is 28.6 Å². The van der Waals surface area contributed by atoms with E-state index in [1.807, 2.05) is 0 Å². The van der Waals surface area contributed by atoms with Crippen molar-refractivity contribution in [1.29, 1.82) is 0 Å². The van der Waals surface area contributed by atoms with Gasteiger partial charge < -0.3 is 39.0 Å². The zero-order valence-electron chi connectivity index (χ0n) is 25.1. The first-order valence-electron chi connectivity index (χ1n) is 14.2. The van der Waals surface area contributed by atoms with Gasteiger partial charge in [-0.3, -0.25) is 9.59 Å². The Morgan fingerprint density at radius 1 is 1.12 bits per heavy atom. The van der Waals surface area contributed by atoms with Crippen molar-refractivity contribution in [2.75, 3.05) is 13.7 Å². The number of hydrogen-bond donors (Lipinski definition) is 3. The SMILES string of the molecule is COC(=O)[C@@]12OCC34[C@H]1[C@@H](OC(=O)/C=C(\C)C(C)(C)OC(C)=O)C(=O)O[C@@H]3C[C@H]1C(C)=CC(=O)[C@@H](O)[C@]1(C)[C@H]4[C@@H](O)[C@@H]2O. The summed E-state index contributed by atoms with van der Waals surface area (Å²) in [7, 11) is 1.05. The smallest absolute Gasteiger partial charge is 0.348 e. The monoisotopic (exact) mass is 606 g/mol. The number of aliphatic hydroxyl groups excluding tert-OH is 3. The van der Waals surface area contributed by atoms with Gasteiger partial charge in [-0.05, 0) is 51.7 Å². The van der Waals surface area contributed by atoms with E-state index in [4.69, 9.17) is 23.7 Å². The Balaban J connectivity index is 1.66. The van der Waals surface area contributed by atoms with Gasteiger partial charge >= 0.3 is 23.9 Å². The number of ether oxygens (including phenoxy) is 5. The zero-order valence-corrected chi connectivity index (χ0v) is 25.1. The highest BCUT2D eigenvalue weighted by Crippen LogP contribution is 2.72. The van der Waals surface area contributed by atoms with Crippen LogP contribution in [0.5, 0.6) is 0 Å². The first-order valence-corrected chi connectivity index (χ1v) is 14.2. The van der Waals surface area contributed by atoms with Crippen LogP contribution < -0.4 is 0 Å². The molecule has 0 radical (unpaired) electrons. The predicted octanol–water partition coefficient (Wildman–Crippen LogP) is -0.0761. The normalized spacial score (nSPS) is 43.5. The van der Waals surface area contributed by atoms with E-state index >= 15 is 0 Å². The number of carbonyl (C=O) groups excluding carboxylic acids is 5. The second kappa shape index (κ2) is 9.94. The molecule has 11 atom stereocenters. The van der Waals surface area contributed by atoms with Crippen molar-refractivity contribution in [3.05, 3.63) is 23.3 Å². The lowest BCUT2D eigenvalue weighted by molar-refractivity contribution is -0.297. The maximum Gasteiger partial charge on any atom is 0.348 e. The summed E-state index contributed by atoms with van der Waals surface area (Å²) in [6.45, 7) is 8.85. The van der Waals surface area contributed by atoms with E-state index in [9.17, 15) is 39.3 Å². The number of ketones is 1. The number of fused-ring (bicyclic) bond motifs is 2. The molecule has 3 aliphatic carbocycles. The molecule has 0 aromatic carbocycles. The summed E-state index contributed by atoms with van der Waals surface area (Å²) >= 11 is 0. The van der Waals surface area contributed by atoms with Crippen molar-refractivity contribution < 1.29 is 63.0 Å². The molecule has 236 valence electrons. The molecule has 3 N–H and O–H groups in total. The molecule has 4 fully saturated rings. The lowest BCUT2D eigenvalue weighted by atomic mass is 9.38. The molecule has 0 aromatic rings. The average Bonchev–Trinajstić information content (AvgIpc) is 3.22. The fraction of sp³-hybridized carbons (Fsp3) is 0.700. The van der Waals surface area contributed by atoms with Crippen molar-refractivity contribution in [3.8, 4) is 0 Å². The summed E-state index contributed by atoms with van der Waals surface area (Å²) in [5.74, 6) is -7.41. The minimum absolute atomic E-state index is 0.113. The van der Waals surface area contributed by atoms with Gasteiger partial charge in [-0.15, -0.1) is 0 Å². The summed E-state index contributed by atoms with van der Waals surface area (Å²) in [6.07, 6.45) is -5.67. The van der Waals surface area contributed by atoms with E-state index in [2.05, 4.69) is 0 Å². The van der Waals surface area contributed by atoms with Gasteiger partial charge in [0.2, 0.25) is 11.7 Å². The van der Waals surface area contributed by atoms with Crippen molar-refractivity contribution in [3.63, 3.8) is 0 Å². The van der Waals surface area contributed by atoms with Gasteiger partial charge in [-0.25, -0.2) is 14.4 Å². The van der Waals surface area contributed by atoms with E-state index in [0.717, 1.165) is 13.2 Å². The fourth-order valence-corrected chi connectivity index (χ4v) is 8.76. The van der Waals surface area contributed by atoms with E-state index in [-0.39, 0.29) is 18.6 Å². The summed E-state index contributed by atoms with van der Waals surface area (Å²) in [5.41, 5.74) is -5.52. The first-order chi connectivity index (χ1) is 19.9. The number of hydrogen-bond acceptors (Lipinski definition) is 13. The van der Waals surface area contributed by atoms with Gasteiger partial charge in [0.1, 0.15) is 23.9 Å². The summed E-state index contributed by atoms with van der Waals surface area (Å²) < 4.78 is 27.9. The molecule has 2 aliphatic heterocycles. The Morgan fingerprint density at radius 3 is 2.37 bits per heavy atom. The largest absolute Gasteiger partial charge is 0.467 e. The van der Waals surface area contributed by atoms with Crippen molar-refractivity contribution in [2.45, 2.75) is 89.7 Å². The van der Waals surface area contributed by atoms with Gasteiger partial charge in [-0.2, -0.15) is 0 Å².